The zero-order valence-electron chi connectivity index (χ0n) is 10.3. The normalized spacial score (nSPS) is 26.8. The van der Waals surface area contributed by atoms with Crippen molar-refractivity contribution in [1.29, 1.82) is 0 Å². The molecule has 3 heteroatoms. The fourth-order valence-electron chi connectivity index (χ4n) is 3.27. The lowest BCUT2D eigenvalue weighted by Crippen LogP contribution is -2.26. The van der Waals surface area contributed by atoms with Crippen molar-refractivity contribution in [2.45, 2.75) is 0 Å². The van der Waals surface area contributed by atoms with Gasteiger partial charge in [0.05, 0.1) is 5.52 Å². The van der Waals surface area contributed by atoms with Gasteiger partial charge in [-0.15, -0.1) is 0 Å². The summed E-state index contributed by atoms with van der Waals surface area (Å²) < 4.78 is 0. The van der Waals surface area contributed by atoms with E-state index in [1.165, 1.54) is 18.5 Å². The molecule has 0 radical (unpaired) electrons. The molecule has 92 valence electrons. The number of anilines is 1. The summed E-state index contributed by atoms with van der Waals surface area (Å²) in [7, 11) is 0. The molecule has 3 nitrogen and oxygen atoms in total. The minimum absolute atomic E-state index is 0.818. The van der Waals surface area contributed by atoms with Gasteiger partial charge in [-0.2, -0.15) is 0 Å². The highest BCUT2D eigenvalue weighted by Crippen LogP contribution is 2.30. The van der Waals surface area contributed by atoms with Crippen molar-refractivity contribution in [1.82, 2.24) is 10.3 Å². The van der Waals surface area contributed by atoms with Gasteiger partial charge in [0.25, 0.3) is 0 Å². The number of para-hydroxylation sites is 1. The standard InChI is InChI=1S/C15H17N3/c1-2-4-14-11(3-1)5-6-15(17-14)18-9-12-7-16-8-13(12)10-18/h1-6,12-13,16H,7-10H2. The number of hydrogen-bond donors (Lipinski definition) is 1. The van der Waals surface area contributed by atoms with Crippen LogP contribution < -0.4 is 10.2 Å². The lowest BCUT2D eigenvalue weighted by atomic mass is 10.0. The molecular weight excluding hydrogens is 222 g/mol. The quantitative estimate of drug-likeness (QED) is 0.823. The summed E-state index contributed by atoms with van der Waals surface area (Å²) in [5.74, 6) is 2.78. The Hall–Kier alpha value is -1.61. The Morgan fingerprint density at radius 3 is 2.61 bits per heavy atom. The minimum Gasteiger partial charge on any atom is -0.356 e. The van der Waals surface area contributed by atoms with Crippen LogP contribution in [0.1, 0.15) is 0 Å². The van der Waals surface area contributed by atoms with E-state index in [-0.39, 0.29) is 0 Å². The van der Waals surface area contributed by atoms with Crippen molar-refractivity contribution in [3.8, 4) is 0 Å². The number of nitrogens with one attached hydrogen (secondary N) is 1. The van der Waals surface area contributed by atoms with E-state index in [1.54, 1.807) is 0 Å². The maximum absolute atomic E-state index is 4.79. The molecule has 0 spiro atoms. The van der Waals surface area contributed by atoms with Gasteiger partial charge in [-0.05, 0) is 30.0 Å². The van der Waals surface area contributed by atoms with Crippen LogP contribution in [0, 0.1) is 11.8 Å². The SMILES string of the molecule is c1ccc2nc(N3CC4CNCC4C3)ccc2c1. The predicted molar refractivity (Wildman–Crippen MR) is 73.8 cm³/mol. The lowest BCUT2D eigenvalue weighted by Gasteiger charge is -2.18. The molecule has 1 aromatic heterocycles. The van der Waals surface area contributed by atoms with Crippen LogP contribution in [-0.4, -0.2) is 31.2 Å². The van der Waals surface area contributed by atoms with E-state index in [4.69, 9.17) is 4.98 Å². The first-order valence-electron chi connectivity index (χ1n) is 6.71. The van der Waals surface area contributed by atoms with Crippen molar-refractivity contribution < 1.29 is 0 Å². The number of hydrogen-bond acceptors (Lipinski definition) is 3. The van der Waals surface area contributed by atoms with Gasteiger partial charge in [0, 0.05) is 31.6 Å². The first-order chi connectivity index (χ1) is 8.90. The molecule has 1 N–H and O–H groups in total. The highest BCUT2D eigenvalue weighted by molar-refractivity contribution is 5.80. The van der Waals surface area contributed by atoms with Crippen molar-refractivity contribution in [2.75, 3.05) is 31.1 Å². The van der Waals surface area contributed by atoms with Crippen molar-refractivity contribution in [3.63, 3.8) is 0 Å². The lowest BCUT2D eigenvalue weighted by molar-refractivity contribution is 0.533. The smallest absolute Gasteiger partial charge is 0.129 e. The maximum Gasteiger partial charge on any atom is 0.129 e. The Kier molecular flexibility index (Phi) is 2.27. The van der Waals surface area contributed by atoms with Crippen LogP contribution in [-0.2, 0) is 0 Å². The molecule has 0 saturated carbocycles. The van der Waals surface area contributed by atoms with E-state index < -0.39 is 0 Å². The summed E-state index contributed by atoms with van der Waals surface area (Å²) in [6.07, 6.45) is 0. The molecule has 1 aromatic carbocycles. The third kappa shape index (κ3) is 1.58. The highest BCUT2D eigenvalue weighted by Gasteiger charge is 2.36. The van der Waals surface area contributed by atoms with Crippen LogP contribution in [0.2, 0.25) is 0 Å². The molecule has 0 bridgehead atoms. The van der Waals surface area contributed by atoms with Crippen molar-refractivity contribution >= 4 is 16.7 Å². The molecule has 2 unspecified atom stereocenters. The molecule has 4 rings (SSSR count). The predicted octanol–water partition coefficient (Wildman–Crippen LogP) is 1.89. The van der Waals surface area contributed by atoms with Crippen LogP contribution in [0.25, 0.3) is 10.9 Å². The Balaban J connectivity index is 1.67. The molecule has 2 saturated heterocycles. The van der Waals surface area contributed by atoms with E-state index in [9.17, 15) is 0 Å². The second-order valence-corrected chi connectivity index (χ2v) is 5.45. The summed E-state index contributed by atoms with van der Waals surface area (Å²) in [6.45, 7) is 4.66. The third-order valence-corrected chi connectivity index (χ3v) is 4.30. The Labute approximate surface area is 107 Å². The largest absolute Gasteiger partial charge is 0.356 e. The Morgan fingerprint density at radius 2 is 1.78 bits per heavy atom. The number of nitrogens with zero attached hydrogens (tertiary/aromatic N) is 2. The second kappa shape index (κ2) is 3.95. The van der Waals surface area contributed by atoms with Gasteiger partial charge in [-0.25, -0.2) is 4.98 Å². The molecule has 2 fully saturated rings. The van der Waals surface area contributed by atoms with Crippen LogP contribution in [0.5, 0.6) is 0 Å². The van der Waals surface area contributed by atoms with E-state index in [0.717, 1.165) is 36.3 Å². The van der Waals surface area contributed by atoms with E-state index in [1.807, 2.05) is 0 Å². The van der Waals surface area contributed by atoms with Crippen LogP contribution >= 0.6 is 0 Å². The topological polar surface area (TPSA) is 28.2 Å². The molecule has 0 amide bonds. The van der Waals surface area contributed by atoms with Gasteiger partial charge in [0.2, 0.25) is 0 Å². The average Bonchev–Trinajstić information content (AvgIpc) is 2.99. The van der Waals surface area contributed by atoms with Crippen LogP contribution in [0.3, 0.4) is 0 Å². The highest BCUT2D eigenvalue weighted by atomic mass is 15.2. The number of benzene rings is 1. The van der Waals surface area contributed by atoms with Gasteiger partial charge in [0.1, 0.15) is 5.82 Å². The summed E-state index contributed by atoms with van der Waals surface area (Å²) in [6, 6.07) is 12.7. The first-order valence-corrected chi connectivity index (χ1v) is 6.71. The Bertz CT molecular complexity index is 569. The third-order valence-electron chi connectivity index (χ3n) is 4.30. The first kappa shape index (κ1) is 10.3. The average molecular weight is 239 g/mol. The van der Waals surface area contributed by atoms with Crippen molar-refractivity contribution in [2.24, 2.45) is 11.8 Å². The molecule has 18 heavy (non-hydrogen) atoms. The van der Waals surface area contributed by atoms with Crippen LogP contribution in [0.15, 0.2) is 36.4 Å². The van der Waals surface area contributed by atoms with Gasteiger partial charge in [-0.3, -0.25) is 0 Å². The van der Waals surface area contributed by atoms with E-state index in [0.29, 0.717) is 0 Å². The molecule has 3 heterocycles. The monoisotopic (exact) mass is 239 g/mol. The summed E-state index contributed by atoms with van der Waals surface area (Å²) >= 11 is 0. The zero-order valence-corrected chi connectivity index (χ0v) is 10.3. The molecule has 2 aliphatic rings. The fraction of sp³-hybridized carbons (Fsp3) is 0.400. The molecule has 2 atom stereocenters. The van der Waals surface area contributed by atoms with E-state index in [2.05, 4.69) is 46.6 Å². The van der Waals surface area contributed by atoms with Crippen molar-refractivity contribution in [3.05, 3.63) is 36.4 Å². The maximum atomic E-state index is 4.79. The minimum atomic E-state index is 0.818. The molecular formula is C15H17N3. The summed E-state index contributed by atoms with van der Waals surface area (Å²) in [4.78, 5) is 7.24. The zero-order chi connectivity index (χ0) is 11.9. The number of rotatable bonds is 1. The summed E-state index contributed by atoms with van der Waals surface area (Å²) in [5.41, 5.74) is 1.10. The van der Waals surface area contributed by atoms with Gasteiger partial charge < -0.3 is 10.2 Å². The Morgan fingerprint density at radius 1 is 1.00 bits per heavy atom. The summed E-state index contributed by atoms with van der Waals surface area (Å²) in [5, 5.41) is 4.70. The van der Waals surface area contributed by atoms with E-state index >= 15 is 0 Å². The van der Waals surface area contributed by atoms with Gasteiger partial charge in [-0.1, -0.05) is 18.2 Å². The van der Waals surface area contributed by atoms with Gasteiger partial charge >= 0.3 is 0 Å². The van der Waals surface area contributed by atoms with Gasteiger partial charge in [0.15, 0.2) is 0 Å². The van der Waals surface area contributed by atoms with Crippen LogP contribution in [0.4, 0.5) is 5.82 Å². The molecule has 2 aliphatic heterocycles. The molecule has 2 aromatic rings. The fourth-order valence-corrected chi connectivity index (χ4v) is 3.27. The number of fused-ring (bicyclic) bond motifs is 2. The number of pyridine rings is 1. The number of aromatic nitrogens is 1. The second-order valence-electron chi connectivity index (χ2n) is 5.45. The molecule has 0 aliphatic carbocycles.